The maximum Gasteiger partial charge on any atom is 0.317 e. The molecule has 1 aliphatic heterocycles. The minimum absolute atomic E-state index is 0.00966. The average molecular weight is 359 g/mol. The summed E-state index contributed by atoms with van der Waals surface area (Å²) in [5, 5.41) is 11.1. The van der Waals surface area contributed by atoms with Crippen molar-refractivity contribution in [2.45, 2.75) is 25.6 Å². The number of aromatic nitrogens is 2. The summed E-state index contributed by atoms with van der Waals surface area (Å²) in [4.78, 5) is 16.2. The predicted molar refractivity (Wildman–Crippen MR) is 96.4 cm³/mol. The van der Waals surface area contributed by atoms with Crippen LogP contribution in [0.4, 0.5) is 4.79 Å². The van der Waals surface area contributed by atoms with E-state index in [0.29, 0.717) is 18.4 Å². The van der Waals surface area contributed by atoms with Gasteiger partial charge in [0, 0.05) is 32.3 Å². The molecule has 0 unspecified atom stereocenters. The van der Waals surface area contributed by atoms with Crippen LogP contribution in [0.5, 0.6) is 0 Å². The van der Waals surface area contributed by atoms with Crippen LogP contribution in [-0.4, -0.2) is 72.0 Å². The van der Waals surface area contributed by atoms with Gasteiger partial charge in [-0.2, -0.15) is 0 Å². The van der Waals surface area contributed by atoms with Crippen molar-refractivity contribution in [1.29, 1.82) is 0 Å². The molecule has 3 rings (SSSR count). The molecule has 2 heterocycles. The molecule has 1 aliphatic rings. The summed E-state index contributed by atoms with van der Waals surface area (Å²) < 4.78 is 11.4. The molecule has 2 aromatic rings. The second-order valence-electron chi connectivity index (χ2n) is 6.49. The normalized spacial score (nSPS) is 20.3. The van der Waals surface area contributed by atoms with Crippen molar-refractivity contribution in [3.8, 4) is 11.5 Å². The first-order valence-corrected chi connectivity index (χ1v) is 8.76. The lowest BCUT2D eigenvalue weighted by Crippen LogP contribution is -2.48. The van der Waals surface area contributed by atoms with Gasteiger partial charge in [-0.05, 0) is 26.1 Å². The molecule has 0 bridgehead atoms. The van der Waals surface area contributed by atoms with Gasteiger partial charge in [0.05, 0.1) is 12.1 Å². The van der Waals surface area contributed by atoms with Gasteiger partial charge in [-0.3, -0.25) is 0 Å². The van der Waals surface area contributed by atoms with Crippen LogP contribution in [0.25, 0.3) is 11.5 Å². The first-order chi connectivity index (χ1) is 12.6. The molecule has 2 amide bonds. The Labute approximate surface area is 153 Å². The Balaban J connectivity index is 1.57. The van der Waals surface area contributed by atoms with Crippen LogP contribution in [0.2, 0.25) is 0 Å². The molecule has 140 valence electrons. The summed E-state index contributed by atoms with van der Waals surface area (Å²) in [5.74, 6) is 0.842. The maximum absolute atomic E-state index is 12.5. The molecular weight excluding hydrogens is 334 g/mol. The summed E-state index contributed by atoms with van der Waals surface area (Å²) in [6, 6.07) is 9.33. The molecule has 0 radical (unpaired) electrons. The van der Waals surface area contributed by atoms with E-state index in [1.165, 1.54) is 4.90 Å². The largest absolute Gasteiger partial charge is 0.419 e. The third-order valence-electron chi connectivity index (χ3n) is 4.35. The molecule has 8 nitrogen and oxygen atoms in total. The van der Waals surface area contributed by atoms with Crippen LogP contribution in [-0.2, 0) is 11.3 Å². The number of carbonyl (C=O) groups is 1. The van der Waals surface area contributed by atoms with Gasteiger partial charge in [-0.1, -0.05) is 18.2 Å². The molecule has 8 heteroatoms. The maximum atomic E-state index is 12.5. The van der Waals surface area contributed by atoms with Crippen LogP contribution in [0.1, 0.15) is 12.8 Å². The molecule has 1 N–H and O–H groups in total. The summed E-state index contributed by atoms with van der Waals surface area (Å²) >= 11 is 0. The van der Waals surface area contributed by atoms with Gasteiger partial charge in [-0.25, -0.2) is 4.79 Å². The van der Waals surface area contributed by atoms with E-state index >= 15 is 0 Å². The van der Waals surface area contributed by atoms with Gasteiger partial charge in [0.15, 0.2) is 0 Å². The Morgan fingerprint density at radius 3 is 2.85 bits per heavy atom. The average Bonchev–Trinajstić information content (AvgIpc) is 3.23. The number of urea groups is 1. The van der Waals surface area contributed by atoms with Crippen molar-refractivity contribution < 1.29 is 13.9 Å². The first kappa shape index (κ1) is 18.3. The van der Waals surface area contributed by atoms with E-state index in [4.69, 9.17) is 9.15 Å². The fraction of sp³-hybridized carbons (Fsp3) is 0.500. The van der Waals surface area contributed by atoms with Gasteiger partial charge in [0.2, 0.25) is 11.8 Å². The number of benzene rings is 1. The number of likely N-dealkylation sites (N-methyl/N-ethyl adjacent to an activating group) is 1. The summed E-state index contributed by atoms with van der Waals surface area (Å²) in [6.45, 7) is 4.41. The number of nitrogens with one attached hydrogen (secondary N) is 1. The lowest BCUT2D eigenvalue weighted by molar-refractivity contribution is 0.0551. The van der Waals surface area contributed by atoms with Gasteiger partial charge < -0.3 is 24.3 Å². The lowest BCUT2D eigenvalue weighted by Gasteiger charge is -2.23. The minimum Gasteiger partial charge on any atom is -0.419 e. The van der Waals surface area contributed by atoms with Crippen molar-refractivity contribution in [3.63, 3.8) is 0 Å². The van der Waals surface area contributed by atoms with Crippen LogP contribution in [0.3, 0.4) is 0 Å². The van der Waals surface area contributed by atoms with E-state index in [2.05, 4.69) is 20.4 Å². The lowest BCUT2D eigenvalue weighted by atomic mass is 10.2. The highest BCUT2D eigenvalue weighted by Crippen LogP contribution is 2.17. The molecule has 1 aromatic heterocycles. The summed E-state index contributed by atoms with van der Waals surface area (Å²) in [6.07, 6.45) is 0.00966. The highest BCUT2D eigenvalue weighted by Gasteiger charge is 2.33. The number of carbonyl (C=O) groups excluding carboxylic acids is 1. The van der Waals surface area contributed by atoms with Crippen molar-refractivity contribution in [1.82, 2.24) is 25.3 Å². The zero-order valence-corrected chi connectivity index (χ0v) is 15.4. The third kappa shape index (κ3) is 4.39. The molecule has 1 saturated heterocycles. The van der Waals surface area contributed by atoms with Gasteiger partial charge in [0.25, 0.3) is 0 Å². The highest BCUT2D eigenvalue weighted by molar-refractivity contribution is 5.74. The van der Waals surface area contributed by atoms with Crippen molar-refractivity contribution in [2.75, 3.05) is 33.8 Å². The first-order valence-electron chi connectivity index (χ1n) is 8.76. The van der Waals surface area contributed by atoms with Gasteiger partial charge >= 0.3 is 6.03 Å². The van der Waals surface area contributed by atoms with Crippen LogP contribution >= 0.6 is 0 Å². The van der Waals surface area contributed by atoms with Crippen molar-refractivity contribution in [3.05, 3.63) is 36.2 Å². The van der Waals surface area contributed by atoms with E-state index in [1.807, 2.05) is 44.3 Å². The van der Waals surface area contributed by atoms with E-state index < -0.39 is 0 Å². The van der Waals surface area contributed by atoms with Gasteiger partial charge in [0.1, 0.15) is 6.54 Å². The molecule has 2 atom stereocenters. The molecular formula is C18H25N5O3. The monoisotopic (exact) mass is 359 g/mol. The number of rotatable bonds is 6. The number of likely N-dealkylation sites (tertiary alicyclic amines) is 1. The number of hydrogen-bond acceptors (Lipinski definition) is 6. The summed E-state index contributed by atoms with van der Waals surface area (Å²) in [5.41, 5.74) is 0.854. The molecule has 1 fully saturated rings. The Bertz CT molecular complexity index is 721. The van der Waals surface area contributed by atoms with E-state index in [0.717, 1.165) is 18.7 Å². The standard InChI is InChI=1S/C18H25N5O3/c1-4-25-15-11-22(2)10-14(15)19-18(24)23(3)12-16-20-21-17(26-16)13-8-6-5-7-9-13/h5-9,14-15H,4,10-12H2,1-3H3,(H,19,24)/t14-,15-/m0/s1. The fourth-order valence-electron chi connectivity index (χ4n) is 3.04. The number of ether oxygens (including phenoxy) is 1. The second kappa shape index (κ2) is 8.29. The molecule has 0 aliphatic carbocycles. The number of nitrogens with zero attached hydrogens (tertiary/aromatic N) is 4. The Kier molecular flexibility index (Phi) is 5.85. The minimum atomic E-state index is -0.186. The van der Waals surface area contributed by atoms with E-state index in [1.54, 1.807) is 7.05 Å². The molecule has 0 saturated carbocycles. The van der Waals surface area contributed by atoms with Crippen molar-refractivity contribution >= 4 is 6.03 Å². The van der Waals surface area contributed by atoms with Crippen LogP contribution in [0.15, 0.2) is 34.7 Å². The topological polar surface area (TPSA) is 83.7 Å². The quantitative estimate of drug-likeness (QED) is 0.843. The van der Waals surface area contributed by atoms with E-state index in [-0.39, 0.29) is 24.7 Å². The molecule has 0 spiro atoms. The number of amides is 2. The second-order valence-corrected chi connectivity index (χ2v) is 6.49. The Morgan fingerprint density at radius 2 is 2.12 bits per heavy atom. The fourth-order valence-corrected chi connectivity index (χ4v) is 3.04. The molecule has 26 heavy (non-hydrogen) atoms. The van der Waals surface area contributed by atoms with Crippen molar-refractivity contribution in [2.24, 2.45) is 0 Å². The third-order valence-corrected chi connectivity index (χ3v) is 4.35. The summed E-state index contributed by atoms with van der Waals surface area (Å²) in [7, 11) is 3.72. The SMILES string of the molecule is CCO[C@H]1CN(C)C[C@@H]1NC(=O)N(C)Cc1nnc(-c2ccccc2)o1. The van der Waals surface area contributed by atoms with Crippen LogP contribution < -0.4 is 5.32 Å². The highest BCUT2D eigenvalue weighted by atomic mass is 16.5. The predicted octanol–water partition coefficient (Wildman–Crippen LogP) is 1.60. The zero-order chi connectivity index (χ0) is 18.5. The Hall–Kier alpha value is -2.45. The molecule has 1 aromatic carbocycles. The van der Waals surface area contributed by atoms with E-state index in [9.17, 15) is 4.79 Å². The van der Waals surface area contributed by atoms with Gasteiger partial charge in [-0.15, -0.1) is 10.2 Å². The smallest absolute Gasteiger partial charge is 0.317 e. The Morgan fingerprint density at radius 1 is 1.35 bits per heavy atom. The zero-order valence-electron chi connectivity index (χ0n) is 15.4. The number of hydrogen-bond donors (Lipinski definition) is 1. The van der Waals surface area contributed by atoms with Crippen LogP contribution in [0, 0.1) is 0 Å².